The number of hydrogen-bond donors (Lipinski definition) is 2. The van der Waals surface area contributed by atoms with E-state index in [1.807, 2.05) is 9.80 Å². The number of phenolic OH excluding ortho intramolecular Hbond substituents is 2. The maximum absolute atomic E-state index is 16.2. The number of alkyl halides is 2. The first-order chi connectivity index (χ1) is 45.2. The molecular weight excluding hydrogens is 1250 g/mol. The molecule has 0 aliphatic carbocycles. The zero-order chi connectivity index (χ0) is 66.4. The number of amides is 1. The molecule has 492 valence electrons. The van der Waals surface area contributed by atoms with Crippen LogP contribution in [-0.4, -0.2) is 203 Å². The number of nitrogens with zero attached hydrogens (tertiary/aromatic N) is 12. The number of rotatable bonds is 8. The molecule has 7 fully saturated rings. The summed E-state index contributed by atoms with van der Waals surface area (Å²) in [6.07, 6.45) is 20.0. The van der Waals surface area contributed by atoms with Gasteiger partial charge in [0.15, 0.2) is 11.6 Å². The van der Waals surface area contributed by atoms with Gasteiger partial charge >= 0.3 is 18.1 Å². The van der Waals surface area contributed by atoms with Gasteiger partial charge in [-0.15, -0.1) is 12.8 Å². The standard InChI is InChI=1S/C27H25F2N5O4S.C26H19F2N5O4.2C7H12FN/c1-5-18-21(28)7-6-15-12-16(35)13-19(22(15)18)24-23(29)25-20(14-30-24)26(32-27(31-25)38-4)34-10-8-17(9-11-34)39(36,37)33(2)3;1-3-16-19(27)5-4-13-8-15(34)9-17(20(13)16)22-21(28)23-18(10-29-22)24(31-25(30-23)36-2)32-6-7-33-14(11-32)12-37-26(33)35;2*8-6-4-7-2-1-3-9(7)5-6/h1,6-7,12-14,17,35H,8-11H2,2-4H3;1,4-5,8-10,14,34H,6-7,11-12H2,2H3;2*6-7H,1-5H2. The van der Waals surface area contributed by atoms with Gasteiger partial charge in [0.2, 0.25) is 10.0 Å². The first kappa shape index (κ1) is 65.1. The molecule has 0 saturated carbocycles. The summed E-state index contributed by atoms with van der Waals surface area (Å²) in [5.74, 6) is 2.09. The zero-order valence-electron chi connectivity index (χ0n) is 52.0. The zero-order valence-corrected chi connectivity index (χ0v) is 52.8. The van der Waals surface area contributed by atoms with Gasteiger partial charge in [0, 0.05) is 106 Å². The SMILES string of the molecule is C#Cc1c(F)ccc2cc(O)cc(-c3ncc4c(N5CCC(S(=O)(=O)N(C)C)CC5)nc(OC)nc4c3F)c12.C#Cc1c(F)ccc2cc(O)cc(-c3ncc4c(N5CCN6C(=O)OCC6C5)nc(OC)nc4c3F)c12.FC1CC2CCCN2C1.FC1CC2CCCN2C1. The van der Waals surface area contributed by atoms with Gasteiger partial charge in [0.1, 0.15) is 76.1 Å². The van der Waals surface area contributed by atoms with E-state index in [1.54, 1.807) is 4.90 Å². The Morgan fingerprint density at radius 1 is 0.628 bits per heavy atom. The van der Waals surface area contributed by atoms with Crippen LogP contribution in [0, 0.1) is 48.0 Å². The van der Waals surface area contributed by atoms with E-state index in [0.29, 0.717) is 104 Å². The molecule has 4 aromatic carbocycles. The number of terminal acetylenes is 2. The fourth-order valence-electron chi connectivity index (χ4n) is 14.0. The molecule has 5 unspecified atom stereocenters. The van der Waals surface area contributed by atoms with E-state index in [-0.39, 0.29) is 97.7 Å². The van der Waals surface area contributed by atoms with Crippen molar-refractivity contribution in [1.29, 1.82) is 0 Å². The number of sulfonamides is 1. The minimum Gasteiger partial charge on any atom is -0.508 e. The van der Waals surface area contributed by atoms with Crippen LogP contribution >= 0.6 is 0 Å². The van der Waals surface area contributed by atoms with Crippen LogP contribution in [0.5, 0.6) is 23.5 Å². The van der Waals surface area contributed by atoms with Crippen LogP contribution in [0.4, 0.5) is 42.8 Å². The maximum atomic E-state index is 16.2. The summed E-state index contributed by atoms with van der Waals surface area (Å²) in [5.41, 5.74) is -0.443. The van der Waals surface area contributed by atoms with Crippen molar-refractivity contribution in [3.63, 3.8) is 0 Å². The summed E-state index contributed by atoms with van der Waals surface area (Å²) in [5, 5.41) is 22.0. The van der Waals surface area contributed by atoms with Gasteiger partial charge in [-0.1, -0.05) is 24.0 Å². The molecule has 7 saturated heterocycles. The van der Waals surface area contributed by atoms with Crippen molar-refractivity contribution in [1.82, 2.24) is 48.9 Å². The van der Waals surface area contributed by atoms with E-state index >= 15 is 8.78 Å². The highest BCUT2D eigenvalue weighted by Gasteiger charge is 2.40. The van der Waals surface area contributed by atoms with Gasteiger partial charge in [-0.2, -0.15) is 19.9 Å². The normalized spacial score (nSPS) is 21.2. The first-order valence-corrected chi connectivity index (χ1v) is 32.4. The van der Waals surface area contributed by atoms with Crippen LogP contribution in [-0.2, 0) is 14.8 Å². The second-order valence-corrected chi connectivity index (χ2v) is 26.8. The molecule has 2 N–H and O–H groups in total. The molecule has 20 nitrogen and oxygen atoms in total. The van der Waals surface area contributed by atoms with Gasteiger partial charge in [0.25, 0.3) is 0 Å². The number of benzene rings is 4. The number of piperidine rings is 1. The minimum atomic E-state index is -3.42. The molecule has 15 rings (SSSR count). The quantitative estimate of drug-likeness (QED) is 0.107. The molecule has 11 heterocycles. The number of phenols is 2. The van der Waals surface area contributed by atoms with Crippen molar-refractivity contribution in [2.45, 2.75) is 87.1 Å². The number of aromatic nitrogens is 6. The third kappa shape index (κ3) is 12.5. The Bertz CT molecular complexity index is 4430. The van der Waals surface area contributed by atoms with Crippen molar-refractivity contribution in [3.8, 4) is 70.7 Å². The number of pyridine rings is 2. The molecule has 5 atom stereocenters. The number of carbonyl (C=O) groups is 1. The molecule has 0 bridgehead atoms. The molecule has 0 radical (unpaired) electrons. The van der Waals surface area contributed by atoms with E-state index in [9.17, 15) is 41.0 Å². The van der Waals surface area contributed by atoms with Crippen molar-refractivity contribution < 1.29 is 64.0 Å². The smallest absolute Gasteiger partial charge is 0.410 e. The van der Waals surface area contributed by atoms with Crippen LogP contribution in [0.2, 0.25) is 0 Å². The lowest BCUT2D eigenvalue weighted by Gasteiger charge is -2.36. The Kier molecular flexibility index (Phi) is 18.5. The van der Waals surface area contributed by atoms with Gasteiger partial charge in [-0.3, -0.25) is 24.7 Å². The predicted molar refractivity (Wildman–Crippen MR) is 343 cm³/mol. The molecule has 7 aliphatic rings. The number of anilines is 2. The monoisotopic (exact) mass is 1310 g/mol. The lowest BCUT2D eigenvalue weighted by molar-refractivity contribution is 0.157. The van der Waals surface area contributed by atoms with Crippen molar-refractivity contribution in [3.05, 3.63) is 95.3 Å². The Hall–Kier alpha value is -9.02. The van der Waals surface area contributed by atoms with E-state index in [1.165, 1.54) is 119 Å². The number of aromatic hydroxyl groups is 2. The number of cyclic esters (lactones) is 1. The summed E-state index contributed by atoms with van der Waals surface area (Å²) in [7, 11) is 2.32. The molecule has 1 amide bonds. The van der Waals surface area contributed by atoms with Crippen LogP contribution in [0.25, 0.3) is 65.9 Å². The van der Waals surface area contributed by atoms with E-state index in [0.717, 1.165) is 25.9 Å². The second-order valence-electron chi connectivity index (χ2n) is 24.4. The lowest BCUT2D eigenvalue weighted by Crippen LogP contribution is -2.52. The van der Waals surface area contributed by atoms with Gasteiger partial charge in [-0.05, 0) is 112 Å². The Morgan fingerprint density at radius 3 is 1.55 bits per heavy atom. The predicted octanol–water partition coefficient (Wildman–Crippen LogP) is 9.52. The van der Waals surface area contributed by atoms with Crippen LogP contribution < -0.4 is 19.3 Å². The molecule has 27 heteroatoms. The number of hydrogen-bond acceptors (Lipinski definition) is 18. The van der Waals surface area contributed by atoms with Gasteiger partial charge in [-0.25, -0.2) is 43.9 Å². The minimum absolute atomic E-state index is 0.0594. The Morgan fingerprint density at radius 2 is 1.11 bits per heavy atom. The molecule has 4 aromatic heterocycles. The average Bonchev–Trinajstić information content (AvgIpc) is 1.41. The first-order valence-electron chi connectivity index (χ1n) is 30.9. The fraction of sp³-hybridized carbons (Fsp3) is 0.418. The molecule has 0 spiro atoms. The van der Waals surface area contributed by atoms with Crippen molar-refractivity contribution in [2.75, 3.05) is 104 Å². The molecule has 7 aliphatic heterocycles. The average molecular weight is 1320 g/mol. The van der Waals surface area contributed by atoms with Crippen LogP contribution in [0.15, 0.2) is 60.9 Å². The molecular formula is C67H68F6N12O8S. The van der Waals surface area contributed by atoms with Gasteiger partial charge in [0.05, 0.1) is 47.4 Å². The van der Waals surface area contributed by atoms with E-state index < -0.39 is 50.9 Å². The Labute approximate surface area is 538 Å². The summed E-state index contributed by atoms with van der Waals surface area (Å²) >= 11 is 0. The fourth-order valence-corrected chi connectivity index (χ4v) is 15.4. The molecule has 94 heavy (non-hydrogen) atoms. The highest BCUT2D eigenvalue weighted by Crippen LogP contribution is 2.42. The van der Waals surface area contributed by atoms with Gasteiger partial charge < -0.3 is 34.2 Å². The number of ether oxygens (including phenoxy) is 3. The van der Waals surface area contributed by atoms with E-state index in [2.05, 4.69) is 51.5 Å². The number of fused-ring (bicyclic) bond motifs is 7. The lowest BCUT2D eigenvalue weighted by atomic mass is 9.96. The highest BCUT2D eigenvalue weighted by molar-refractivity contribution is 7.89. The van der Waals surface area contributed by atoms with Crippen LogP contribution in [0.1, 0.15) is 62.5 Å². The number of methoxy groups -OCH3 is 2. The summed E-state index contributed by atoms with van der Waals surface area (Å²) < 4.78 is 129. The largest absolute Gasteiger partial charge is 0.508 e. The number of piperazine rings is 1. The topological polar surface area (TPSA) is 216 Å². The third-order valence-electron chi connectivity index (χ3n) is 18.6. The number of carbonyl (C=O) groups excluding carboxylic acids is 1. The summed E-state index contributed by atoms with van der Waals surface area (Å²) in [4.78, 5) is 47.9. The second kappa shape index (κ2) is 26.8. The van der Waals surface area contributed by atoms with Crippen molar-refractivity contribution >= 4 is 71.1 Å². The highest BCUT2D eigenvalue weighted by atomic mass is 32.2. The van der Waals surface area contributed by atoms with Crippen molar-refractivity contribution in [2.24, 2.45) is 0 Å². The van der Waals surface area contributed by atoms with Crippen LogP contribution in [0.3, 0.4) is 0 Å². The number of halogens is 6. The summed E-state index contributed by atoms with van der Waals surface area (Å²) in [6, 6.07) is 11.6. The summed E-state index contributed by atoms with van der Waals surface area (Å²) in [6.45, 7) is 5.97. The molecule has 8 aromatic rings. The van der Waals surface area contributed by atoms with E-state index in [4.69, 9.17) is 27.1 Å². The third-order valence-corrected chi connectivity index (χ3v) is 20.9. The maximum Gasteiger partial charge on any atom is 0.410 e. The Balaban J connectivity index is 0.000000142.